The Labute approximate surface area is 85.6 Å². The van der Waals surface area contributed by atoms with Crippen LogP contribution >= 0.6 is 0 Å². The number of aliphatic hydroxyl groups excluding tert-OH is 1. The van der Waals surface area contributed by atoms with Gasteiger partial charge in [0.15, 0.2) is 0 Å². The summed E-state index contributed by atoms with van der Waals surface area (Å²) in [6, 6.07) is -0.285. The molecule has 4 nitrogen and oxygen atoms in total. The summed E-state index contributed by atoms with van der Waals surface area (Å²) in [6.07, 6.45) is 1.86. The zero-order chi connectivity index (χ0) is 11.0. The second kappa shape index (κ2) is 7.76. The molecule has 4 heteroatoms. The van der Waals surface area contributed by atoms with E-state index >= 15 is 0 Å². The van der Waals surface area contributed by atoms with Crippen LogP contribution in [0.5, 0.6) is 0 Å². The molecule has 84 valence electrons. The van der Waals surface area contributed by atoms with E-state index in [0.29, 0.717) is 6.61 Å². The van der Waals surface area contributed by atoms with Crippen molar-refractivity contribution in [3.05, 3.63) is 0 Å². The van der Waals surface area contributed by atoms with Crippen LogP contribution in [0.4, 0.5) is 0 Å². The molecule has 0 heterocycles. The molecule has 0 spiro atoms. The molecule has 0 rings (SSSR count). The van der Waals surface area contributed by atoms with Gasteiger partial charge in [-0.25, -0.2) is 0 Å². The fraction of sp³-hybridized carbons (Fsp3) is 0.900. The van der Waals surface area contributed by atoms with Gasteiger partial charge in [-0.05, 0) is 6.42 Å². The van der Waals surface area contributed by atoms with Crippen molar-refractivity contribution in [3.63, 3.8) is 0 Å². The standard InChI is InChI=1S/C10H21NO3/c1-4-5-8(2)10(13)11-9(6-12)7-14-3/h8-9,12H,4-7H2,1-3H3,(H,11,13). The first-order chi connectivity index (χ1) is 6.65. The predicted octanol–water partition coefficient (Wildman–Crippen LogP) is 0.546. The molecule has 2 atom stereocenters. The maximum atomic E-state index is 11.5. The smallest absolute Gasteiger partial charge is 0.223 e. The number of methoxy groups -OCH3 is 1. The first-order valence-corrected chi connectivity index (χ1v) is 5.05. The molecule has 0 aromatic carbocycles. The van der Waals surface area contributed by atoms with Crippen molar-refractivity contribution >= 4 is 5.91 Å². The molecule has 0 aromatic heterocycles. The summed E-state index contributed by atoms with van der Waals surface area (Å²) in [5.41, 5.74) is 0. The lowest BCUT2D eigenvalue weighted by atomic mass is 10.1. The molecular weight excluding hydrogens is 182 g/mol. The van der Waals surface area contributed by atoms with E-state index in [9.17, 15) is 4.79 Å². The van der Waals surface area contributed by atoms with Crippen molar-refractivity contribution in [3.8, 4) is 0 Å². The average molecular weight is 203 g/mol. The number of hydrogen-bond donors (Lipinski definition) is 2. The zero-order valence-corrected chi connectivity index (χ0v) is 9.25. The van der Waals surface area contributed by atoms with Gasteiger partial charge in [-0.1, -0.05) is 20.3 Å². The SMILES string of the molecule is CCCC(C)C(=O)NC(CO)COC. The Bertz CT molecular complexity index is 161. The van der Waals surface area contributed by atoms with Crippen LogP contribution in [-0.4, -0.2) is 37.4 Å². The highest BCUT2D eigenvalue weighted by Crippen LogP contribution is 2.04. The van der Waals surface area contributed by atoms with Crippen LogP contribution in [0.15, 0.2) is 0 Å². The second-order valence-corrected chi connectivity index (χ2v) is 3.53. The second-order valence-electron chi connectivity index (χ2n) is 3.53. The minimum atomic E-state index is -0.285. The van der Waals surface area contributed by atoms with Crippen molar-refractivity contribution in [2.45, 2.75) is 32.7 Å². The summed E-state index contributed by atoms with van der Waals surface area (Å²) < 4.78 is 4.86. The number of aliphatic hydroxyl groups is 1. The van der Waals surface area contributed by atoms with Crippen molar-refractivity contribution in [1.82, 2.24) is 5.32 Å². The third-order valence-electron chi connectivity index (χ3n) is 2.10. The molecular formula is C10H21NO3. The Morgan fingerprint density at radius 1 is 1.57 bits per heavy atom. The predicted molar refractivity (Wildman–Crippen MR) is 55.0 cm³/mol. The maximum absolute atomic E-state index is 11.5. The molecule has 1 amide bonds. The van der Waals surface area contributed by atoms with Gasteiger partial charge in [0.25, 0.3) is 0 Å². The van der Waals surface area contributed by atoms with Crippen molar-refractivity contribution in [2.75, 3.05) is 20.3 Å². The first-order valence-electron chi connectivity index (χ1n) is 5.05. The lowest BCUT2D eigenvalue weighted by Crippen LogP contribution is -2.43. The number of ether oxygens (including phenoxy) is 1. The van der Waals surface area contributed by atoms with E-state index in [1.54, 1.807) is 7.11 Å². The van der Waals surface area contributed by atoms with E-state index in [1.165, 1.54) is 0 Å². The van der Waals surface area contributed by atoms with Gasteiger partial charge in [0.2, 0.25) is 5.91 Å². The summed E-state index contributed by atoms with van der Waals surface area (Å²) in [7, 11) is 1.55. The number of hydrogen-bond acceptors (Lipinski definition) is 3. The van der Waals surface area contributed by atoms with Gasteiger partial charge in [0, 0.05) is 13.0 Å². The van der Waals surface area contributed by atoms with Crippen LogP contribution in [0.3, 0.4) is 0 Å². The fourth-order valence-electron chi connectivity index (χ4n) is 1.25. The third kappa shape index (κ3) is 5.19. The van der Waals surface area contributed by atoms with Crippen LogP contribution in [0.2, 0.25) is 0 Å². The van der Waals surface area contributed by atoms with Gasteiger partial charge in [-0.2, -0.15) is 0 Å². The van der Waals surface area contributed by atoms with E-state index in [1.807, 2.05) is 13.8 Å². The molecule has 2 N–H and O–H groups in total. The fourth-order valence-corrected chi connectivity index (χ4v) is 1.25. The summed E-state index contributed by atoms with van der Waals surface area (Å²) in [6.45, 7) is 4.20. The average Bonchev–Trinajstić information content (AvgIpc) is 2.17. The van der Waals surface area contributed by atoms with Gasteiger partial charge < -0.3 is 15.2 Å². The number of amides is 1. The van der Waals surface area contributed by atoms with E-state index < -0.39 is 0 Å². The lowest BCUT2D eigenvalue weighted by molar-refractivity contribution is -0.126. The Morgan fingerprint density at radius 3 is 2.64 bits per heavy atom. The largest absolute Gasteiger partial charge is 0.394 e. The summed E-state index contributed by atoms with van der Waals surface area (Å²) in [4.78, 5) is 11.5. The number of carbonyl (C=O) groups is 1. The molecule has 0 aliphatic heterocycles. The number of carbonyl (C=O) groups excluding carboxylic acids is 1. The molecule has 0 bridgehead atoms. The normalized spacial score (nSPS) is 14.9. The monoisotopic (exact) mass is 203 g/mol. The molecule has 2 unspecified atom stereocenters. The van der Waals surface area contributed by atoms with Gasteiger partial charge >= 0.3 is 0 Å². The molecule has 14 heavy (non-hydrogen) atoms. The molecule has 0 aliphatic carbocycles. The number of rotatable bonds is 7. The Balaban J connectivity index is 3.88. The summed E-state index contributed by atoms with van der Waals surface area (Å²) in [5.74, 6) is -0.00569. The van der Waals surface area contributed by atoms with Crippen LogP contribution < -0.4 is 5.32 Å². The van der Waals surface area contributed by atoms with Crippen LogP contribution in [0, 0.1) is 5.92 Å². The third-order valence-corrected chi connectivity index (χ3v) is 2.10. The topological polar surface area (TPSA) is 58.6 Å². The summed E-state index contributed by atoms with van der Waals surface area (Å²) >= 11 is 0. The quantitative estimate of drug-likeness (QED) is 0.635. The minimum absolute atomic E-state index is 0.00547. The molecule has 0 fully saturated rings. The van der Waals surface area contributed by atoms with Crippen LogP contribution in [-0.2, 0) is 9.53 Å². The maximum Gasteiger partial charge on any atom is 0.223 e. The van der Waals surface area contributed by atoms with E-state index in [2.05, 4.69) is 5.32 Å². The lowest BCUT2D eigenvalue weighted by Gasteiger charge is -2.18. The first kappa shape index (κ1) is 13.4. The summed E-state index contributed by atoms with van der Waals surface area (Å²) in [5, 5.41) is 11.7. The van der Waals surface area contributed by atoms with Gasteiger partial charge in [-0.3, -0.25) is 4.79 Å². The highest BCUT2D eigenvalue weighted by molar-refractivity contribution is 5.78. The molecule has 0 saturated heterocycles. The number of nitrogens with one attached hydrogen (secondary N) is 1. The van der Waals surface area contributed by atoms with E-state index in [-0.39, 0.29) is 24.5 Å². The minimum Gasteiger partial charge on any atom is -0.394 e. The van der Waals surface area contributed by atoms with Crippen LogP contribution in [0.25, 0.3) is 0 Å². The molecule has 0 aliphatic rings. The Morgan fingerprint density at radius 2 is 2.21 bits per heavy atom. The zero-order valence-electron chi connectivity index (χ0n) is 9.25. The van der Waals surface area contributed by atoms with Crippen LogP contribution in [0.1, 0.15) is 26.7 Å². The molecule has 0 aromatic rings. The highest BCUT2D eigenvalue weighted by Gasteiger charge is 2.15. The van der Waals surface area contributed by atoms with E-state index in [0.717, 1.165) is 12.8 Å². The van der Waals surface area contributed by atoms with Gasteiger partial charge in [-0.15, -0.1) is 0 Å². The van der Waals surface area contributed by atoms with Gasteiger partial charge in [0.05, 0.1) is 19.3 Å². The molecule has 0 radical (unpaired) electrons. The molecule has 0 saturated carbocycles. The Hall–Kier alpha value is -0.610. The van der Waals surface area contributed by atoms with Gasteiger partial charge in [0.1, 0.15) is 0 Å². The van der Waals surface area contributed by atoms with Crippen molar-refractivity contribution < 1.29 is 14.6 Å². The Kier molecular flexibility index (Phi) is 7.42. The highest BCUT2D eigenvalue weighted by atomic mass is 16.5. The van der Waals surface area contributed by atoms with Crippen molar-refractivity contribution in [1.29, 1.82) is 0 Å². The van der Waals surface area contributed by atoms with E-state index in [4.69, 9.17) is 9.84 Å². The van der Waals surface area contributed by atoms with Crippen molar-refractivity contribution in [2.24, 2.45) is 5.92 Å².